The fourth-order valence-corrected chi connectivity index (χ4v) is 3.16. The number of amides is 2. The van der Waals surface area contributed by atoms with E-state index >= 15 is 0 Å². The standard InChI is InChI=1S/C23H24F3N5O2/c1-30(15-11-17-9-13-27-14-10-17)20(32)8-5-12-28-22(33)19-16-31(18-6-3-2-4-7-18)29-21(19)23(24,25)26/h2-4,6-7,9-10,13-14,16H,5,8,11-12,15H2,1H3,(H,28,33). The monoisotopic (exact) mass is 459 g/mol. The number of likely N-dealkylation sites (N-methyl/N-ethyl adjacent to an activating group) is 1. The predicted molar refractivity (Wildman–Crippen MR) is 116 cm³/mol. The van der Waals surface area contributed by atoms with Gasteiger partial charge in [-0.1, -0.05) is 18.2 Å². The Bertz CT molecular complexity index is 1070. The Hall–Kier alpha value is -3.69. The summed E-state index contributed by atoms with van der Waals surface area (Å²) < 4.78 is 41.2. The lowest BCUT2D eigenvalue weighted by molar-refractivity contribution is -0.141. The summed E-state index contributed by atoms with van der Waals surface area (Å²) in [5, 5.41) is 6.02. The molecule has 3 aromatic rings. The van der Waals surface area contributed by atoms with Gasteiger partial charge in [-0.2, -0.15) is 18.3 Å². The fraction of sp³-hybridized carbons (Fsp3) is 0.304. The summed E-state index contributed by atoms with van der Waals surface area (Å²) >= 11 is 0. The molecule has 0 aliphatic heterocycles. The van der Waals surface area contributed by atoms with E-state index in [4.69, 9.17) is 0 Å². The smallest absolute Gasteiger partial charge is 0.352 e. The molecule has 10 heteroatoms. The van der Waals surface area contributed by atoms with Gasteiger partial charge < -0.3 is 10.2 Å². The number of rotatable bonds is 9. The maximum Gasteiger partial charge on any atom is 0.435 e. The molecule has 0 spiro atoms. The van der Waals surface area contributed by atoms with E-state index in [1.807, 2.05) is 12.1 Å². The molecule has 0 fully saturated rings. The molecule has 0 saturated heterocycles. The lowest BCUT2D eigenvalue weighted by Crippen LogP contribution is -2.30. The Kier molecular flexibility index (Phi) is 7.81. The molecular formula is C23H24F3N5O2. The van der Waals surface area contributed by atoms with Gasteiger partial charge in [-0.05, 0) is 42.7 Å². The Morgan fingerprint density at radius 2 is 1.79 bits per heavy atom. The van der Waals surface area contributed by atoms with Crippen LogP contribution < -0.4 is 5.32 Å². The Morgan fingerprint density at radius 1 is 1.09 bits per heavy atom. The number of pyridine rings is 1. The third-order valence-electron chi connectivity index (χ3n) is 5.01. The Morgan fingerprint density at radius 3 is 2.45 bits per heavy atom. The van der Waals surface area contributed by atoms with Crippen LogP contribution in [0.3, 0.4) is 0 Å². The molecule has 2 aromatic heterocycles. The molecule has 0 bridgehead atoms. The quantitative estimate of drug-likeness (QED) is 0.497. The number of nitrogens with zero attached hydrogens (tertiary/aromatic N) is 4. The maximum atomic E-state index is 13.4. The van der Waals surface area contributed by atoms with Crippen molar-refractivity contribution in [1.82, 2.24) is 25.0 Å². The summed E-state index contributed by atoms with van der Waals surface area (Å²) in [5.74, 6) is -0.992. The first-order chi connectivity index (χ1) is 15.8. The van der Waals surface area contributed by atoms with Gasteiger partial charge >= 0.3 is 6.18 Å². The molecule has 0 unspecified atom stereocenters. The lowest BCUT2D eigenvalue weighted by Gasteiger charge is -2.17. The number of carbonyl (C=O) groups excluding carboxylic acids is 2. The van der Waals surface area contributed by atoms with Crippen LogP contribution in [0.2, 0.25) is 0 Å². The summed E-state index contributed by atoms with van der Waals surface area (Å²) in [6, 6.07) is 12.0. The third kappa shape index (κ3) is 6.64. The summed E-state index contributed by atoms with van der Waals surface area (Å²) in [5.41, 5.74) is -0.348. The van der Waals surface area contributed by atoms with Crippen molar-refractivity contribution >= 4 is 11.8 Å². The molecule has 7 nitrogen and oxygen atoms in total. The van der Waals surface area contributed by atoms with E-state index in [-0.39, 0.29) is 18.9 Å². The zero-order chi connectivity index (χ0) is 23.8. The largest absolute Gasteiger partial charge is 0.435 e. The number of nitrogens with one attached hydrogen (secondary N) is 1. The van der Waals surface area contributed by atoms with Crippen LogP contribution >= 0.6 is 0 Å². The van der Waals surface area contributed by atoms with Crippen LogP contribution in [0.1, 0.15) is 34.5 Å². The summed E-state index contributed by atoms with van der Waals surface area (Å²) in [4.78, 5) is 30.2. The highest BCUT2D eigenvalue weighted by Gasteiger charge is 2.39. The summed E-state index contributed by atoms with van der Waals surface area (Å²) in [7, 11) is 1.69. The molecular weight excluding hydrogens is 435 g/mol. The van der Waals surface area contributed by atoms with E-state index in [1.165, 1.54) is 0 Å². The number of alkyl halides is 3. The predicted octanol–water partition coefficient (Wildman–Crippen LogP) is 3.50. The average Bonchev–Trinajstić information content (AvgIpc) is 3.28. The molecule has 33 heavy (non-hydrogen) atoms. The van der Waals surface area contributed by atoms with Gasteiger partial charge in [0, 0.05) is 45.1 Å². The summed E-state index contributed by atoms with van der Waals surface area (Å²) in [6.45, 7) is 0.597. The van der Waals surface area contributed by atoms with Crippen LogP contribution in [0.5, 0.6) is 0 Å². The summed E-state index contributed by atoms with van der Waals surface area (Å²) in [6.07, 6.45) is 0.820. The van der Waals surface area contributed by atoms with Crippen molar-refractivity contribution < 1.29 is 22.8 Å². The van der Waals surface area contributed by atoms with Crippen LogP contribution in [0, 0.1) is 0 Å². The second kappa shape index (κ2) is 10.8. The molecule has 0 aliphatic carbocycles. The minimum absolute atomic E-state index is 0.0661. The molecule has 0 saturated carbocycles. The van der Waals surface area contributed by atoms with E-state index < -0.39 is 23.3 Å². The minimum Gasteiger partial charge on any atom is -0.352 e. The van der Waals surface area contributed by atoms with Crippen molar-refractivity contribution in [3.8, 4) is 5.69 Å². The first-order valence-electron chi connectivity index (χ1n) is 10.4. The first kappa shape index (κ1) is 24.0. The van der Waals surface area contributed by atoms with Gasteiger partial charge in [-0.3, -0.25) is 14.6 Å². The number of hydrogen-bond donors (Lipinski definition) is 1. The number of aromatic nitrogens is 3. The van der Waals surface area contributed by atoms with Gasteiger partial charge in [0.25, 0.3) is 5.91 Å². The lowest BCUT2D eigenvalue weighted by atomic mass is 10.2. The van der Waals surface area contributed by atoms with Gasteiger partial charge in [0.1, 0.15) is 0 Å². The van der Waals surface area contributed by atoms with Crippen molar-refractivity contribution in [2.24, 2.45) is 0 Å². The first-order valence-corrected chi connectivity index (χ1v) is 10.4. The Labute approximate surface area is 189 Å². The van der Waals surface area contributed by atoms with E-state index in [0.29, 0.717) is 25.1 Å². The topological polar surface area (TPSA) is 80.1 Å². The second-order valence-electron chi connectivity index (χ2n) is 7.45. The number of halogens is 3. The molecule has 1 N–H and O–H groups in total. The van der Waals surface area contributed by atoms with Gasteiger partial charge in [-0.15, -0.1) is 0 Å². The Balaban J connectivity index is 1.52. The van der Waals surface area contributed by atoms with Crippen LogP contribution in [-0.2, 0) is 17.4 Å². The number of hydrogen-bond acceptors (Lipinski definition) is 4. The average molecular weight is 459 g/mol. The van der Waals surface area contributed by atoms with Crippen LogP contribution in [0.4, 0.5) is 13.2 Å². The van der Waals surface area contributed by atoms with Crippen LogP contribution in [-0.4, -0.2) is 51.6 Å². The molecule has 0 radical (unpaired) electrons. The highest BCUT2D eigenvalue weighted by Crippen LogP contribution is 2.31. The van der Waals surface area contributed by atoms with E-state index in [1.54, 1.807) is 54.7 Å². The fourth-order valence-electron chi connectivity index (χ4n) is 3.16. The van der Waals surface area contributed by atoms with Gasteiger partial charge in [-0.25, -0.2) is 4.68 Å². The molecule has 3 rings (SSSR count). The number of para-hydroxylation sites is 1. The zero-order valence-corrected chi connectivity index (χ0v) is 18.0. The normalized spacial score (nSPS) is 11.3. The van der Waals surface area contributed by atoms with Gasteiger partial charge in [0.15, 0.2) is 5.69 Å². The highest BCUT2D eigenvalue weighted by atomic mass is 19.4. The van der Waals surface area contributed by atoms with Crippen molar-refractivity contribution in [1.29, 1.82) is 0 Å². The molecule has 0 aliphatic rings. The van der Waals surface area contributed by atoms with Crippen molar-refractivity contribution in [2.45, 2.75) is 25.4 Å². The third-order valence-corrected chi connectivity index (χ3v) is 5.01. The van der Waals surface area contributed by atoms with E-state index in [9.17, 15) is 22.8 Å². The van der Waals surface area contributed by atoms with Crippen molar-refractivity contribution in [2.75, 3.05) is 20.1 Å². The number of carbonyl (C=O) groups is 2. The molecule has 0 atom stereocenters. The van der Waals surface area contributed by atoms with Crippen molar-refractivity contribution in [3.63, 3.8) is 0 Å². The highest BCUT2D eigenvalue weighted by molar-refractivity contribution is 5.95. The molecule has 1 aromatic carbocycles. The minimum atomic E-state index is -4.78. The van der Waals surface area contributed by atoms with Crippen molar-refractivity contribution in [3.05, 3.63) is 77.9 Å². The van der Waals surface area contributed by atoms with Crippen LogP contribution in [0.25, 0.3) is 5.69 Å². The van der Waals surface area contributed by atoms with Gasteiger partial charge in [0.2, 0.25) is 5.91 Å². The zero-order valence-electron chi connectivity index (χ0n) is 18.0. The molecule has 2 amide bonds. The van der Waals surface area contributed by atoms with Gasteiger partial charge in [0.05, 0.1) is 11.3 Å². The van der Waals surface area contributed by atoms with E-state index in [2.05, 4.69) is 15.4 Å². The molecule has 2 heterocycles. The SMILES string of the molecule is CN(CCc1ccncc1)C(=O)CCCNC(=O)c1cn(-c2ccccc2)nc1C(F)(F)F. The number of benzene rings is 1. The second-order valence-corrected chi connectivity index (χ2v) is 7.45. The van der Waals surface area contributed by atoms with E-state index in [0.717, 1.165) is 16.4 Å². The van der Waals surface area contributed by atoms with Crippen LogP contribution in [0.15, 0.2) is 61.1 Å². The maximum absolute atomic E-state index is 13.4. The molecule has 174 valence electrons.